The average molecular weight is 394 g/mol. The van der Waals surface area contributed by atoms with Crippen LogP contribution in [0.5, 0.6) is 0 Å². The highest BCUT2D eigenvalue weighted by molar-refractivity contribution is 5.94. The number of carbonyl (C=O) groups is 2. The molecule has 0 bridgehead atoms. The Labute approximate surface area is 171 Å². The zero-order chi connectivity index (χ0) is 20.3. The molecule has 152 valence electrons. The first-order chi connectivity index (χ1) is 14.0. The van der Waals surface area contributed by atoms with Gasteiger partial charge in [-0.2, -0.15) is 0 Å². The Morgan fingerprint density at radius 2 is 1.79 bits per heavy atom. The van der Waals surface area contributed by atoms with Gasteiger partial charge in [-0.1, -0.05) is 36.4 Å². The molecule has 5 heteroatoms. The lowest BCUT2D eigenvalue weighted by Crippen LogP contribution is -2.44. The molecule has 0 saturated carbocycles. The number of hydrogen-bond acceptors (Lipinski definition) is 2. The standard InChI is InChI=1S/C24H27FN2O2/c25-21-10-4-9-20(16-21)23(29)26-14-11-24(12-15-26)17-22(28)27(18-24)13-5-8-19-6-2-1-3-7-19/h1-4,6-7,9-10,16H,5,8,11-15,17-18H2. The van der Waals surface area contributed by atoms with Gasteiger partial charge in [0.15, 0.2) is 0 Å². The van der Waals surface area contributed by atoms with Gasteiger partial charge in [-0.25, -0.2) is 4.39 Å². The number of carbonyl (C=O) groups excluding carboxylic acids is 2. The molecule has 29 heavy (non-hydrogen) atoms. The van der Waals surface area contributed by atoms with Crippen molar-refractivity contribution >= 4 is 11.8 Å². The van der Waals surface area contributed by atoms with Crippen LogP contribution in [0.3, 0.4) is 0 Å². The zero-order valence-electron chi connectivity index (χ0n) is 16.6. The van der Waals surface area contributed by atoms with Gasteiger partial charge in [0.1, 0.15) is 5.82 Å². The molecule has 2 amide bonds. The molecule has 0 radical (unpaired) electrons. The Kier molecular flexibility index (Phi) is 5.65. The minimum atomic E-state index is -0.392. The number of nitrogens with zero attached hydrogens (tertiary/aromatic N) is 2. The summed E-state index contributed by atoms with van der Waals surface area (Å²) < 4.78 is 13.4. The van der Waals surface area contributed by atoms with Crippen molar-refractivity contribution in [3.05, 3.63) is 71.5 Å². The van der Waals surface area contributed by atoms with Crippen molar-refractivity contribution < 1.29 is 14.0 Å². The van der Waals surface area contributed by atoms with Crippen LogP contribution in [-0.4, -0.2) is 47.8 Å². The lowest BCUT2D eigenvalue weighted by molar-refractivity contribution is -0.127. The minimum absolute atomic E-state index is 0.0114. The van der Waals surface area contributed by atoms with Gasteiger partial charge >= 0.3 is 0 Å². The molecule has 0 aliphatic carbocycles. The van der Waals surface area contributed by atoms with E-state index in [1.165, 1.54) is 17.7 Å². The molecule has 2 aromatic rings. The fourth-order valence-corrected chi connectivity index (χ4v) is 4.63. The van der Waals surface area contributed by atoms with Crippen molar-refractivity contribution in [2.24, 2.45) is 5.41 Å². The Bertz CT molecular complexity index is 875. The largest absolute Gasteiger partial charge is 0.342 e. The molecule has 1 spiro atoms. The number of benzene rings is 2. The predicted octanol–water partition coefficient (Wildman–Crippen LogP) is 3.91. The third-order valence-corrected chi connectivity index (χ3v) is 6.32. The third-order valence-electron chi connectivity index (χ3n) is 6.32. The van der Waals surface area contributed by atoms with Crippen LogP contribution >= 0.6 is 0 Å². The van der Waals surface area contributed by atoms with Gasteiger partial charge in [-0.3, -0.25) is 9.59 Å². The highest BCUT2D eigenvalue weighted by Gasteiger charge is 2.45. The van der Waals surface area contributed by atoms with Gasteiger partial charge < -0.3 is 9.80 Å². The highest BCUT2D eigenvalue weighted by atomic mass is 19.1. The van der Waals surface area contributed by atoms with Crippen LogP contribution in [0.2, 0.25) is 0 Å². The average Bonchev–Trinajstić information content (AvgIpc) is 3.03. The molecule has 2 aliphatic rings. The van der Waals surface area contributed by atoms with E-state index in [1.807, 2.05) is 23.1 Å². The smallest absolute Gasteiger partial charge is 0.253 e. The Morgan fingerprint density at radius 3 is 2.52 bits per heavy atom. The number of aryl methyl sites for hydroxylation is 1. The molecule has 4 nitrogen and oxygen atoms in total. The molecule has 2 heterocycles. The van der Waals surface area contributed by atoms with E-state index in [9.17, 15) is 14.0 Å². The fraction of sp³-hybridized carbons (Fsp3) is 0.417. The first-order valence-corrected chi connectivity index (χ1v) is 10.4. The summed E-state index contributed by atoms with van der Waals surface area (Å²) in [5.41, 5.74) is 1.69. The number of piperidine rings is 1. The summed E-state index contributed by atoms with van der Waals surface area (Å²) in [4.78, 5) is 29.0. The number of halogens is 1. The summed E-state index contributed by atoms with van der Waals surface area (Å²) in [7, 11) is 0. The summed E-state index contributed by atoms with van der Waals surface area (Å²) in [5.74, 6) is -0.275. The molecular weight excluding hydrogens is 367 g/mol. The van der Waals surface area contributed by atoms with Crippen LogP contribution in [0, 0.1) is 11.2 Å². The van der Waals surface area contributed by atoms with Crippen molar-refractivity contribution in [1.82, 2.24) is 9.80 Å². The SMILES string of the molecule is O=C1CC2(CCN(C(=O)c3cccc(F)c3)CC2)CN1CCCc1ccccc1. The topological polar surface area (TPSA) is 40.6 Å². The molecule has 0 atom stereocenters. The van der Waals surface area contributed by atoms with Crippen LogP contribution in [0.1, 0.15) is 41.6 Å². The highest BCUT2D eigenvalue weighted by Crippen LogP contribution is 2.41. The van der Waals surface area contributed by atoms with Crippen molar-refractivity contribution in [3.8, 4) is 0 Å². The third kappa shape index (κ3) is 4.50. The number of amides is 2. The first kappa shape index (κ1) is 19.6. The van der Waals surface area contributed by atoms with E-state index in [4.69, 9.17) is 0 Å². The Hall–Kier alpha value is -2.69. The van der Waals surface area contributed by atoms with E-state index in [2.05, 4.69) is 12.1 Å². The number of likely N-dealkylation sites (tertiary alicyclic amines) is 2. The van der Waals surface area contributed by atoms with Crippen molar-refractivity contribution in [2.45, 2.75) is 32.1 Å². The second-order valence-electron chi connectivity index (χ2n) is 8.38. The summed E-state index contributed by atoms with van der Waals surface area (Å²) in [6.45, 7) is 2.84. The molecule has 0 N–H and O–H groups in total. The second-order valence-corrected chi connectivity index (χ2v) is 8.38. The molecule has 2 aromatic carbocycles. The predicted molar refractivity (Wildman–Crippen MR) is 110 cm³/mol. The minimum Gasteiger partial charge on any atom is -0.342 e. The van der Waals surface area contributed by atoms with Crippen molar-refractivity contribution in [1.29, 1.82) is 0 Å². The molecule has 0 unspecified atom stereocenters. The molecular formula is C24H27FN2O2. The van der Waals surface area contributed by atoms with E-state index >= 15 is 0 Å². The van der Waals surface area contributed by atoms with E-state index < -0.39 is 5.82 Å². The summed E-state index contributed by atoms with van der Waals surface area (Å²) in [5, 5.41) is 0. The van der Waals surface area contributed by atoms with Crippen LogP contribution in [-0.2, 0) is 11.2 Å². The molecule has 0 aromatic heterocycles. The van der Waals surface area contributed by atoms with E-state index in [-0.39, 0.29) is 17.2 Å². The van der Waals surface area contributed by atoms with Crippen LogP contribution in [0.25, 0.3) is 0 Å². The molecule has 4 rings (SSSR count). The van der Waals surface area contributed by atoms with Crippen molar-refractivity contribution in [2.75, 3.05) is 26.2 Å². The Morgan fingerprint density at radius 1 is 1.03 bits per heavy atom. The Balaban J connectivity index is 1.29. The molecule has 2 saturated heterocycles. The maximum absolute atomic E-state index is 13.4. The van der Waals surface area contributed by atoms with Gasteiger partial charge in [-0.05, 0) is 49.4 Å². The second kappa shape index (κ2) is 8.36. The number of rotatable bonds is 5. The van der Waals surface area contributed by atoms with Gasteiger partial charge in [0.05, 0.1) is 0 Å². The summed E-state index contributed by atoms with van der Waals surface area (Å²) >= 11 is 0. The normalized spacial score (nSPS) is 18.4. The quantitative estimate of drug-likeness (QED) is 0.771. The summed E-state index contributed by atoms with van der Waals surface area (Å²) in [6, 6.07) is 16.2. The fourth-order valence-electron chi connectivity index (χ4n) is 4.63. The maximum Gasteiger partial charge on any atom is 0.253 e. The monoisotopic (exact) mass is 394 g/mol. The first-order valence-electron chi connectivity index (χ1n) is 10.4. The lowest BCUT2D eigenvalue weighted by Gasteiger charge is -2.38. The number of hydrogen-bond donors (Lipinski definition) is 0. The summed E-state index contributed by atoms with van der Waals surface area (Å²) in [6.07, 6.45) is 4.19. The van der Waals surface area contributed by atoms with Crippen LogP contribution < -0.4 is 0 Å². The van der Waals surface area contributed by atoms with E-state index in [0.29, 0.717) is 25.1 Å². The van der Waals surface area contributed by atoms with E-state index in [0.717, 1.165) is 38.8 Å². The van der Waals surface area contributed by atoms with Crippen LogP contribution in [0.4, 0.5) is 4.39 Å². The van der Waals surface area contributed by atoms with Gasteiger partial charge in [-0.15, -0.1) is 0 Å². The molecule has 2 fully saturated rings. The molecule has 2 aliphatic heterocycles. The van der Waals surface area contributed by atoms with Crippen LogP contribution in [0.15, 0.2) is 54.6 Å². The maximum atomic E-state index is 13.4. The van der Waals surface area contributed by atoms with E-state index in [1.54, 1.807) is 17.0 Å². The van der Waals surface area contributed by atoms with Gasteiger partial charge in [0.25, 0.3) is 5.91 Å². The zero-order valence-corrected chi connectivity index (χ0v) is 16.6. The van der Waals surface area contributed by atoms with Gasteiger partial charge in [0.2, 0.25) is 5.91 Å². The van der Waals surface area contributed by atoms with Gasteiger partial charge in [0, 0.05) is 43.6 Å². The van der Waals surface area contributed by atoms with Crippen molar-refractivity contribution in [3.63, 3.8) is 0 Å². The lowest BCUT2D eigenvalue weighted by atomic mass is 9.77.